The van der Waals surface area contributed by atoms with Gasteiger partial charge >= 0.3 is 0 Å². The average Bonchev–Trinajstić information content (AvgIpc) is 2.92. The van der Waals surface area contributed by atoms with Crippen molar-refractivity contribution in [3.05, 3.63) is 52.2 Å². The third kappa shape index (κ3) is 2.93. The number of piperazine rings is 1. The van der Waals surface area contributed by atoms with Gasteiger partial charge in [0, 0.05) is 33.2 Å². The zero-order valence-corrected chi connectivity index (χ0v) is 15.5. The first kappa shape index (κ1) is 16.9. The molecule has 0 spiro atoms. The Hall–Kier alpha value is -2.51. The van der Waals surface area contributed by atoms with Gasteiger partial charge in [0.2, 0.25) is 0 Å². The lowest BCUT2D eigenvalue weighted by Crippen LogP contribution is -2.44. The molecule has 0 saturated carbocycles. The molecule has 0 bridgehead atoms. The van der Waals surface area contributed by atoms with Crippen molar-refractivity contribution >= 4 is 11.0 Å². The molecule has 136 valence electrons. The zero-order chi connectivity index (χ0) is 18.3. The Kier molecular flexibility index (Phi) is 4.34. The summed E-state index contributed by atoms with van der Waals surface area (Å²) >= 11 is 0. The van der Waals surface area contributed by atoms with Gasteiger partial charge in [0.1, 0.15) is 11.3 Å². The van der Waals surface area contributed by atoms with Crippen molar-refractivity contribution in [2.45, 2.75) is 13.5 Å². The van der Waals surface area contributed by atoms with Crippen LogP contribution in [0, 0.1) is 6.92 Å². The van der Waals surface area contributed by atoms with Crippen molar-refractivity contribution in [3.63, 3.8) is 0 Å². The second-order valence-corrected chi connectivity index (χ2v) is 6.99. The molecule has 0 atom stereocenters. The normalized spacial score (nSPS) is 16.4. The number of aryl methyl sites for hydroxylation is 2. The molecule has 1 aromatic carbocycles. The highest BCUT2D eigenvalue weighted by Gasteiger charge is 2.21. The van der Waals surface area contributed by atoms with Crippen molar-refractivity contribution < 1.29 is 0 Å². The van der Waals surface area contributed by atoms with Crippen LogP contribution in [0.3, 0.4) is 0 Å². The Morgan fingerprint density at radius 3 is 2.42 bits per heavy atom. The maximum Gasteiger partial charge on any atom is 0.284 e. The van der Waals surface area contributed by atoms with E-state index in [4.69, 9.17) is 4.98 Å². The van der Waals surface area contributed by atoms with Gasteiger partial charge in [-0.25, -0.2) is 4.98 Å². The Morgan fingerprint density at radius 1 is 1.04 bits per heavy atom. The van der Waals surface area contributed by atoms with E-state index in [1.165, 1.54) is 0 Å². The van der Waals surface area contributed by atoms with Crippen LogP contribution in [0.5, 0.6) is 0 Å². The standard InChI is InChI=1S/C19H24N6O/c1-14-17-18(23(3)21-14)19(26)25(15-7-5-4-6-8-15)16(20-17)13-24-11-9-22(2)10-12-24/h4-8H,9-13H2,1-3H3. The van der Waals surface area contributed by atoms with Gasteiger partial charge in [0.25, 0.3) is 5.56 Å². The Bertz CT molecular complexity index is 983. The molecule has 0 unspecified atom stereocenters. The summed E-state index contributed by atoms with van der Waals surface area (Å²) in [5, 5.41) is 4.40. The van der Waals surface area contributed by atoms with Gasteiger partial charge in [0.05, 0.1) is 17.9 Å². The number of nitrogens with zero attached hydrogens (tertiary/aromatic N) is 6. The number of hydrogen-bond acceptors (Lipinski definition) is 5. The molecule has 4 rings (SSSR count). The van der Waals surface area contributed by atoms with E-state index in [0.29, 0.717) is 17.6 Å². The molecule has 3 heterocycles. The molecule has 1 fully saturated rings. The van der Waals surface area contributed by atoms with Gasteiger partial charge in [-0.15, -0.1) is 0 Å². The molecule has 1 saturated heterocycles. The summed E-state index contributed by atoms with van der Waals surface area (Å²) in [4.78, 5) is 22.9. The van der Waals surface area contributed by atoms with Gasteiger partial charge < -0.3 is 4.90 Å². The molecule has 2 aromatic heterocycles. The Morgan fingerprint density at radius 2 is 1.73 bits per heavy atom. The lowest BCUT2D eigenvalue weighted by Gasteiger charge is -2.32. The summed E-state index contributed by atoms with van der Waals surface area (Å²) in [5.74, 6) is 0.773. The first-order valence-corrected chi connectivity index (χ1v) is 8.96. The van der Waals surface area contributed by atoms with Gasteiger partial charge in [-0.2, -0.15) is 5.10 Å². The largest absolute Gasteiger partial charge is 0.304 e. The molecule has 26 heavy (non-hydrogen) atoms. The molecular formula is C19H24N6O. The van der Waals surface area contributed by atoms with Crippen LogP contribution < -0.4 is 5.56 Å². The van der Waals surface area contributed by atoms with E-state index < -0.39 is 0 Å². The number of rotatable bonds is 3. The minimum absolute atomic E-state index is 0.0616. The first-order valence-electron chi connectivity index (χ1n) is 8.96. The fourth-order valence-corrected chi connectivity index (χ4v) is 3.58. The molecule has 3 aromatic rings. The summed E-state index contributed by atoms with van der Waals surface area (Å²) < 4.78 is 3.38. The molecule has 1 aliphatic rings. The maximum atomic E-state index is 13.3. The third-order valence-electron chi connectivity index (χ3n) is 5.07. The van der Waals surface area contributed by atoms with E-state index in [0.717, 1.165) is 43.4 Å². The number of aromatic nitrogens is 4. The van der Waals surface area contributed by atoms with E-state index in [2.05, 4.69) is 21.9 Å². The fourth-order valence-electron chi connectivity index (χ4n) is 3.58. The number of hydrogen-bond donors (Lipinski definition) is 0. The van der Waals surface area contributed by atoms with Crippen molar-refractivity contribution in [1.29, 1.82) is 0 Å². The molecule has 0 N–H and O–H groups in total. The highest BCUT2D eigenvalue weighted by atomic mass is 16.1. The quantitative estimate of drug-likeness (QED) is 0.708. The highest BCUT2D eigenvalue weighted by Crippen LogP contribution is 2.17. The van der Waals surface area contributed by atoms with Crippen molar-refractivity contribution in [2.24, 2.45) is 7.05 Å². The van der Waals surface area contributed by atoms with Crippen molar-refractivity contribution in [2.75, 3.05) is 33.2 Å². The van der Waals surface area contributed by atoms with E-state index in [1.807, 2.05) is 37.3 Å². The summed E-state index contributed by atoms with van der Waals surface area (Å²) in [6.07, 6.45) is 0. The van der Waals surface area contributed by atoms with E-state index in [9.17, 15) is 4.79 Å². The molecule has 7 nitrogen and oxygen atoms in total. The van der Waals surface area contributed by atoms with Crippen molar-refractivity contribution in [3.8, 4) is 5.69 Å². The summed E-state index contributed by atoms with van der Waals surface area (Å²) in [6, 6.07) is 9.74. The minimum Gasteiger partial charge on any atom is -0.304 e. The summed E-state index contributed by atoms with van der Waals surface area (Å²) in [5.41, 5.74) is 2.82. The fraction of sp³-hybridized carbons (Fsp3) is 0.421. The molecule has 0 aliphatic carbocycles. The Balaban J connectivity index is 1.87. The van der Waals surface area contributed by atoms with Crippen LogP contribution in [0.1, 0.15) is 11.5 Å². The number of para-hydroxylation sites is 1. The lowest BCUT2D eigenvalue weighted by atomic mass is 10.2. The monoisotopic (exact) mass is 352 g/mol. The number of fused-ring (bicyclic) bond motifs is 1. The smallest absolute Gasteiger partial charge is 0.284 e. The van der Waals surface area contributed by atoms with Crippen LogP contribution in [0.15, 0.2) is 35.1 Å². The maximum absolute atomic E-state index is 13.3. The molecule has 1 aliphatic heterocycles. The topological polar surface area (TPSA) is 59.2 Å². The lowest BCUT2D eigenvalue weighted by molar-refractivity contribution is 0.144. The number of likely N-dealkylation sites (N-methyl/N-ethyl adjacent to an activating group) is 1. The summed E-state index contributed by atoms with van der Waals surface area (Å²) in [7, 11) is 3.94. The van der Waals surface area contributed by atoms with Gasteiger partial charge in [0.15, 0.2) is 5.52 Å². The van der Waals surface area contributed by atoms with Crippen LogP contribution in [-0.4, -0.2) is 62.4 Å². The van der Waals surface area contributed by atoms with E-state index in [-0.39, 0.29) is 5.56 Å². The van der Waals surface area contributed by atoms with E-state index >= 15 is 0 Å². The number of benzene rings is 1. The minimum atomic E-state index is -0.0616. The molecule has 0 amide bonds. The van der Waals surface area contributed by atoms with E-state index in [1.54, 1.807) is 16.3 Å². The second-order valence-electron chi connectivity index (χ2n) is 6.99. The highest BCUT2D eigenvalue weighted by molar-refractivity contribution is 5.76. The third-order valence-corrected chi connectivity index (χ3v) is 5.07. The van der Waals surface area contributed by atoms with Gasteiger partial charge in [-0.3, -0.25) is 18.9 Å². The first-order chi connectivity index (χ1) is 12.5. The van der Waals surface area contributed by atoms with Crippen molar-refractivity contribution in [1.82, 2.24) is 29.1 Å². The average molecular weight is 352 g/mol. The van der Waals surface area contributed by atoms with Crippen LogP contribution in [-0.2, 0) is 13.6 Å². The van der Waals surface area contributed by atoms with Crippen LogP contribution >= 0.6 is 0 Å². The predicted molar refractivity (Wildman–Crippen MR) is 102 cm³/mol. The second kappa shape index (κ2) is 6.66. The molecule has 0 radical (unpaired) electrons. The zero-order valence-electron chi connectivity index (χ0n) is 15.5. The predicted octanol–water partition coefficient (Wildman–Crippen LogP) is 1.18. The van der Waals surface area contributed by atoms with Crippen LogP contribution in [0.25, 0.3) is 16.7 Å². The molecular weight excluding hydrogens is 328 g/mol. The van der Waals surface area contributed by atoms with Crippen LogP contribution in [0.4, 0.5) is 0 Å². The summed E-state index contributed by atoms with van der Waals surface area (Å²) in [6.45, 7) is 6.58. The SMILES string of the molecule is Cc1nn(C)c2c(=O)n(-c3ccccc3)c(CN3CCN(C)CC3)nc12. The molecule has 7 heteroatoms. The van der Waals surface area contributed by atoms with Gasteiger partial charge in [-0.05, 0) is 26.1 Å². The van der Waals surface area contributed by atoms with Gasteiger partial charge in [-0.1, -0.05) is 18.2 Å². The van der Waals surface area contributed by atoms with Crippen LogP contribution in [0.2, 0.25) is 0 Å². The Labute approximate surface area is 152 Å².